The minimum atomic E-state index is -0.393. The number of carbonyl (C=O) groups is 1. The molecule has 1 heterocycles. The van der Waals surface area contributed by atoms with E-state index in [0.717, 1.165) is 16.7 Å². The Morgan fingerprint density at radius 1 is 1.13 bits per heavy atom. The Labute approximate surface area is 142 Å². The summed E-state index contributed by atoms with van der Waals surface area (Å²) in [5.41, 5.74) is 7.62. The molecule has 1 aliphatic heterocycles. The van der Waals surface area contributed by atoms with Crippen molar-refractivity contribution < 1.29 is 9.90 Å². The SMILES string of the molecule is CC(C)(C)c1cc(/C=C2\SC(N)NC2=O)cc(C(C)(C)C)c1O. The van der Waals surface area contributed by atoms with Gasteiger partial charge in [-0.15, -0.1) is 0 Å². The Morgan fingerprint density at radius 3 is 1.96 bits per heavy atom. The lowest BCUT2D eigenvalue weighted by molar-refractivity contribution is -0.116. The molecule has 5 heteroatoms. The molecule has 0 aromatic heterocycles. The molecule has 0 saturated carbocycles. The third-order valence-electron chi connectivity index (χ3n) is 3.80. The number of hydrogen-bond acceptors (Lipinski definition) is 4. The van der Waals surface area contributed by atoms with Crippen LogP contribution in [0.1, 0.15) is 58.2 Å². The van der Waals surface area contributed by atoms with Gasteiger partial charge in [0.15, 0.2) is 0 Å². The number of thioether (sulfide) groups is 1. The molecule has 4 nitrogen and oxygen atoms in total. The zero-order valence-corrected chi connectivity index (χ0v) is 15.5. The van der Waals surface area contributed by atoms with Crippen molar-refractivity contribution in [2.24, 2.45) is 5.73 Å². The van der Waals surface area contributed by atoms with Gasteiger partial charge in [0, 0.05) is 11.1 Å². The summed E-state index contributed by atoms with van der Waals surface area (Å²) in [7, 11) is 0. The number of phenols is 1. The smallest absolute Gasteiger partial charge is 0.259 e. The topological polar surface area (TPSA) is 75.3 Å². The van der Waals surface area contributed by atoms with Crippen molar-refractivity contribution in [3.63, 3.8) is 0 Å². The molecule has 1 amide bonds. The molecule has 4 N–H and O–H groups in total. The summed E-state index contributed by atoms with van der Waals surface area (Å²) in [4.78, 5) is 12.5. The molecule has 0 bridgehead atoms. The van der Waals surface area contributed by atoms with Gasteiger partial charge in [0.2, 0.25) is 0 Å². The molecule has 1 atom stereocenters. The molecule has 1 fully saturated rings. The summed E-state index contributed by atoms with van der Waals surface area (Å²) < 4.78 is 0. The van der Waals surface area contributed by atoms with Crippen molar-refractivity contribution in [2.75, 3.05) is 0 Å². The van der Waals surface area contributed by atoms with Gasteiger partial charge in [-0.05, 0) is 34.6 Å². The van der Waals surface area contributed by atoms with Crippen molar-refractivity contribution in [2.45, 2.75) is 57.9 Å². The highest BCUT2D eigenvalue weighted by atomic mass is 32.2. The Bertz CT molecular complexity index is 632. The number of nitrogens with two attached hydrogens (primary N) is 1. The number of nitrogens with one attached hydrogen (secondary N) is 1. The van der Waals surface area contributed by atoms with Crippen LogP contribution in [-0.4, -0.2) is 16.5 Å². The van der Waals surface area contributed by atoms with Crippen molar-refractivity contribution in [1.82, 2.24) is 5.32 Å². The van der Waals surface area contributed by atoms with E-state index >= 15 is 0 Å². The largest absolute Gasteiger partial charge is 0.507 e. The fourth-order valence-corrected chi connectivity index (χ4v) is 3.36. The summed E-state index contributed by atoms with van der Waals surface area (Å²) in [5, 5.41) is 13.4. The molecule has 2 rings (SSSR count). The van der Waals surface area contributed by atoms with Crippen LogP contribution in [0.5, 0.6) is 5.75 Å². The minimum Gasteiger partial charge on any atom is -0.507 e. The van der Waals surface area contributed by atoms with Gasteiger partial charge in [0.05, 0.1) is 4.91 Å². The molecule has 1 unspecified atom stereocenters. The van der Waals surface area contributed by atoms with Crippen molar-refractivity contribution in [3.05, 3.63) is 33.7 Å². The van der Waals surface area contributed by atoms with E-state index in [1.54, 1.807) is 0 Å². The summed E-state index contributed by atoms with van der Waals surface area (Å²) in [6.07, 6.45) is 1.84. The van der Waals surface area contributed by atoms with Crippen LogP contribution < -0.4 is 11.1 Å². The maximum atomic E-state index is 11.9. The quantitative estimate of drug-likeness (QED) is 0.688. The van der Waals surface area contributed by atoms with E-state index in [-0.39, 0.29) is 16.7 Å². The molecule has 126 valence electrons. The van der Waals surface area contributed by atoms with Crippen LogP contribution >= 0.6 is 11.8 Å². The van der Waals surface area contributed by atoms with Crippen LogP contribution in [0.2, 0.25) is 0 Å². The summed E-state index contributed by atoms with van der Waals surface area (Å²) in [6, 6.07) is 3.91. The Morgan fingerprint density at radius 2 is 1.61 bits per heavy atom. The summed E-state index contributed by atoms with van der Waals surface area (Å²) in [5.74, 6) is 0.192. The zero-order chi connectivity index (χ0) is 17.6. The highest BCUT2D eigenvalue weighted by Crippen LogP contribution is 2.40. The molecule has 1 aromatic rings. The fourth-order valence-electron chi connectivity index (χ4n) is 2.55. The third kappa shape index (κ3) is 3.90. The molecule has 0 aliphatic carbocycles. The highest BCUT2D eigenvalue weighted by Gasteiger charge is 2.28. The zero-order valence-electron chi connectivity index (χ0n) is 14.7. The standard InChI is InChI=1S/C18H26N2O2S/c1-17(2,3)11-7-10(8-12(14(11)21)18(4,5)6)9-13-15(22)20-16(19)23-13/h7-9,16,21H,19H2,1-6H3,(H,20,22)/b13-9-. The van der Waals surface area contributed by atoms with Crippen molar-refractivity contribution in [3.8, 4) is 5.75 Å². The number of carbonyl (C=O) groups excluding carboxylic acids is 1. The predicted octanol–water partition coefficient (Wildman–Crippen LogP) is 3.43. The van der Waals surface area contributed by atoms with E-state index in [0.29, 0.717) is 10.7 Å². The molecule has 23 heavy (non-hydrogen) atoms. The van der Waals surface area contributed by atoms with Crippen LogP contribution in [-0.2, 0) is 15.6 Å². The normalized spacial score (nSPS) is 20.9. The molecule has 0 spiro atoms. The molecule has 1 aliphatic rings. The van der Waals surface area contributed by atoms with Gasteiger partial charge in [0.25, 0.3) is 5.91 Å². The molecular weight excluding hydrogens is 308 g/mol. The van der Waals surface area contributed by atoms with Gasteiger partial charge < -0.3 is 16.2 Å². The van der Waals surface area contributed by atoms with Crippen LogP contribution in [0.4, 0.5) is 0 Å². The first-order valence-corrected chi connectivity index (χ1v) is 8.60. The van der Waals surface area contributed by atoms with E-state index in [1.165, 1.54) is 11.8 Å². The Hall–Kier alpha value is -1.46. The van der Waals surface area contributed by atoms with Gasteiger partial charge in [0.1, 0.15) is 11.2 Å². The number of hydrogen-bond donors (Lipinski definition) is 3. The average molecular weight is 334 g/mol. The first-order valence-electron chi connectivity index (χ1n) is 7.72. The second-order valence-electron chi connectivity index (χ2n) is 7.99. The van der Waals surface area contributed by atoms with Crippen LogP contribution in [0.25, 0.3) is 6.08 Å². The van der Waals surface area contributed by atoms with E-state index in [9.17, 15) is 9.90 Å². The number of rotatable bonds is 1. The number of benzene rings is 1. The fraction of sp³-hybridized carbons (Fsp3) is 0.500. The monoisotopic (exact) mass is 334 g/mol. The van der Waals surface area contributed by atoms with Crippen molar-refractivity contribution in [1.29, 1.82) is 0 Å². The van der Waals surface area contributed by atoms with Gasteiger partial charge in [-0.2, -0.15) is 0 Å². The molecular formula is C18H26N2O2S. The van der Waals surface area contributed by atoms with E-state index in [2.05, 4.69) is 46.9 Å². The molecule has 1 aromatic carbocycles. The van der Waals surface area contributed by atoms with Crippen molar-refractivity contribution >= 4 is 23.7 Å². The number of amides is 1. The van der Waals surface area contributed by atoms with E-state index in [1.807, 2.05) is 18.2 Å². The van der Waals surface area contributed by atoms with Crippen LogP contribution in [0.15, 0.2) is 17.0 Å². The van der Waals surface area contributed by atoms with Gasteiger partial charge >= 0.3 is 0 Å². The summed E-state index contributed by atoms with van der Waals surface area (Å²) in [6.45, 7) is 12.4. The minimum absolute atomic E-state index is 0.148. The first kappa shape index (κ1) is 17.9. The van der Waals surface area contributed by atoms with Gasteiger partial charge in [-0.3, -0.25) is 4.79 Å². The molecule has 1 saturated heterocycles. The lowest BCUT2D eigenvalue weighted by Crippen LogP contribution is -2.31. The summed E-state index contributed by atoms with van der Waals surface area (Å²) >= 11 is 1.32. The maximum Gasteiger partial charge on any atom is 0.259 e. The Kier molecular flexibility index (Phi) is 4.57. The van der Waals surface area contributed by atoms with E-state index < -0.39 is 5.50 Å². The number of phenolic OH excluding ortho intramolecular Hbond substituents is 1. The lowest BCUT2D eigenvalue weighted by atomic mass is 9.78. The molecule has 0 radical (unpaired) electrons. The lowest BCUT2D eigenvalue weighted by Gasteiger charge is -2.28. The highest BCUT2D eigenvalue weighted by molar-refractivity contribution is 8.05. The van der Waals surface area contributed by atoms with Gasteiger partial charge in [-0.25, -0.2) is 0 Å². The second kappa shape index (κ2) is 5.87. The Balaban J connectivity index is 2.61. The third-order valence-corrected chi connectivity index (χ3v) is 4.73. The van der Waals surface area contributed by atoms with Crippen LogP contribution in [0.3, 0.4) is 0 Å². The predicted molar refractivity (Wildman–Crippen MR) is 97.2 cm³/mol. The van der Waals surface area contributed by atoms with Gasteiger partial charge in [-0.1, -0.05) is 53.3 Å². The maximum absolute atomic E-state index is 11.9. The number of aromatic hydroxyl groups is 1. The van der Waals surface area contributed by atoms with Crippen LogP contribution in [0, 0.1) is 0 Å². The van der Waals surface area contributed by atoms with E-state index in [4.69, 9.17) is 5.73 Å². The average Bonchev–Trinajstić information content (AvgIpc) is 2.67. The first-order chi connectivity index (χ1) is 10.4. The second-order valence-corrected chi connectivity index (χ2v) is 9.17.